The summed E-state index contributed by atoms with van der Waals surface area (Å²) in [6.07, 6.45) is 10.6. The first-order chi connectivity index (χ1) is 27.4. The van der Waals surface area contributed by atoms with Gasteiger partial charge in [-0.25, -0.2) is 4.79 Å². The van der Waals surface area contributed by atoms with Crippen LogP contribution in [0, 0.1) is 5.92 Å². The van der Waals surface area contributed by atoms with Gasteiger partial charge in [-0.2, -0.15) is 10.2 Å². The highest BCUT2D eigenvalue weighted by molar-refractivity contribution is 6.34. The number of ether oxygens (including phenoxy) is 1. The molecule has 1 saturated carbocycles. The Kier molecular flexibility index (Phi) is 10.6. The van der Waals surface area contributed by atoms with Crippen molar-refractivity contribution in [3.8, 4) is 5.75 Å². The number of halogens is 1. The second-order valence-corrected chi connectivity index (χ2v) is 16.6. The van der Waals surface area contributed by atoms with Crippen molar-refractivity contribution >= 4 is 62.6 Å². The quantitative estimate of drug-likeness (QED) is 0.170. The third-order valence-electron chi connectivity index (χ3n) is 12.3. The van der Waals surface area contributed by atoms with Crippen LogP contribution in [0.1, 0.15) is 93.8 Å². The zero-order chi connectivity index (χ0) is 40.1. The number of nitrogens with zero attached hydrogens (tertiary/aromatic N) is 8. The van der Waals surface area contributed by atoms with Gasteiger partial charge in [0.15, 0.2) is 5.69 Å². The van der Waals surface area contributed by atoms with E-state index in [-0.39, 0.29) is 29.8 Å². The van der Waals surface area contributed by atoms with E-state index in [1.54, 1.807) is 34.2 Å². The first kappa shape index (κ1) is 38.7. The monoisotopic (exact) mass is 798 g/mol. The lowest BCUT2D eigenvalue weighted by atomic mass is 9.85. The first-order valence-corrected chi connectivity index (χ1v) is 20.4. The molecule has 2 N–H and O–H groups in total. The Balaban J connectivity index is 0.866. The maximum Gasteiger partial charge on any atom is 0.329 e. The summed E-state index contributed by atoms with van der Waals surface area (Å²) in [4.78, 5) is 56.0. The van der Waals surface area contributed by atoms with Gasteiger partial charge in [0, 0.05) is 69.0 Å². The highest BCUT2D eigenvalue weighted by Gasteiger charge is 2.33. The Morgan fingerprint density at radius 1 is 1.04 bits per heavy atom. The third kappa shape index (κ3) is 7.42. The van der Waals surface area contributed by atoms with Crippen LogP contribution in [0.2, 0.25) is 5.02 Å². The number of benzene rings is 2. The third-order valence-corrected chi connectivity index (χ3v) is 12.6. The summed E-state index contributed by atoms with van der Waals surface area (Å²) in [5.74, 6) is 0.00982. The van der Waals surface area contributed by atoms with Crippen molar-refractivity contribution in [3.63, 3.8) is 0 Å². The number of para-hydroxylation sites is 1. The first-order valence-electron chi connectivity index (χ1n) is 20.0. The molecule has 5 aromatic rings. The van der Waals surface area contributed by atoms with Gasteiger partial charge < -0.3 is 19.9 Å². The Morgan fingerprint density at radius 3 is 2.47 bits per heavy atom. The van der Waals surface area contributed by atoms with Crippen LogP contribution < -0.4 is 26.0 Å². The van der Waals surface area contributed by atoms with E-state index >= 15 is 0 Å². The summed E-state index contributed by atoms with van der Waals surface area (Å²) in [5.41, 5.74) is 3.81. The van der Waals surface area contributed by atoms with E-state index in [0.717, 1.165) is 85.8 Å². The van der Waals surface area contributed by atoms with Crippen molar-refractivity contribution in [3.05, 3.63) is 63.9 Å². The van der Waals surface area contributed by atoms with Crippen molar-refractivity contribution in [2.75, 3.05) is 44.0 Å². The number of piperidine rings is 2. The van der Waals surface area contributed by atoms with Gasteiger partial charge >= 0.3 is 5.69 Å². The SMILES string of the molecule is COc1cc2nn(C3CCC(CN(C)C4CCN(c5cccc6c5n(C)c(=O)n6C5CCC(=O)NC5=O)CC4)CC3)cc2cc1NC(=O)c1nn(C(C)C)cc1Cl. The topological polar surface area (TPSA) is 154 Å². The number of imidazole rings is 1. The highest BCUT2D eigenvalue weighted by atomic mass is 35.5. The smallest absolute Gasteiger partial charge is 0.329 e. The zero-order valence-corrected chi connectivity index (χ0v) is 34.0. The fourth-order valence-corrected chi connectivity index (χ4v) is 9.32. The van der Waals surface area contributed by atoms with Crippen LogP contribution in [0.15, 0.2) is 47.5 Å². The van der Waals surface area contributed by atoms with Gasteiger partial charge in [-0.1, -0.05) is 17.7 Å². The lowest BCUT2D eigenvalue weighted by Gasteiger charge is -2.40. The van der Waals surface area contributed by atoms with Gasteiger partial charge in [0.25, 0.3) is 5.91 Å². The van der Waals surface area contributed by atoms with E-state index < -0.39 is 17.9 Å². The Bertz CT molecular complexity index is 2400. The molecule has 1 unspecified atom stereocenters. The average molecular weight is 799 g/mol. The number of carbonyl (C=O) groups excluding carboxylic acids is 3. The summed E-state index contributed by atoms with van der Waals surface area (Å²) in [6, 6.07) is 9.82. The van der Waals surface area contributed by atoms with Crippen LogP contribution in [0.5, 0.6) is 5.75 Å². The number of hydrogen-bond acceptors (Lipinski definition) is 9. The Hall–Kier alpha value is -5.15. The van der Waals surface area contributed by atoms with Gasteiger partial charge in [-0.3, -0.25) is 38.2 Å². The van der Waals surface area contributed by atoms with E-state index in [4.69, 9.17) is 21.4 Å². The fourth-order valence-electron chi connectivity index (χ4n) is 9.09. The largest absolute Gasteiger partial charge is 0.494 e. The van der Waals surface area contributed by atoms with Crippen LogP contribution in [-0.2, 0) is 16.6 Å². The molecular weight excluding hydrogens is 748 g/mol. The summed E-state index contributed by atoms with van der Waals surface area (Å²) < 4.78 is 12.6. The molecule has 1 aliphatic carbocycles. The minimum atomic E-state index is -0.700. The zero-order valence-electron chi connectivity index (χ0n) is 33.2. The van der Waals surface area contributed by atoms with Crippen molar-refractivity contribution < 1.29 is 19.1 Å². The molecule has 0 radical (unpaired) electrons. The lowest BCUT2D eigenvalue weighted by Crippen LogP contribution is -2.45. The van der Waals surface area contributed by atoms with Gasteiger partial charge in [-0.15, -0.1) is 0 Å². The molecule has 302 valence electrons. The Morgan fingerprint density at radius 2 is 1.79 bits per heavy atom. The molecule has 3 aliphatic rings. The second-order valence-electron chi connectivity index (χ2n) is 16.2. The molecule has 15 nitrogen and oxygen atoms in total. The molecule has 2 aliphatic heterocycles. The van der Waals surface area contributed by atoms with Crippen LogP contribution >= 0.6 is 11.6 Å². The van der Waals surface area contributed by atoms with Crippen molar-refractivity contribution in [2.45, 2.75) is 89.4 Å². The van der Waals surface area contributed by atoms with E-state index in [2.05, 4.69) is 49.5 Å². The Labute approximate surface area is 335 Å². The number of nitrogens with one attached hydrogen (secondary N) is 2. The molecule has 1 atom stereocenters. The van der Waals surface area contributed by atoms with Crippen LogP contribution in [-0.4, -0.2) is 91.2 Å². The van der Waals surface area contributed by atoms with Gasteiger partial charge in [0.2, 0.25) is 11.8 Å². The van der Waals surface area contributed by atoms with Crippen LogP contribution in [0.3, 0.4) is 0 Å². The number of fused-ring (bicyclic) bond motifs is 2. The number of amides is 3. The minimum Gasteiger partial charge on any atom is -0.494 e. The van der Waals surface area contributed by atoms with E-state index in [0.29, 0.717) is 40.9 Å². The summed E-state index contributed by atoms with van der Waals surface area (Å²) in [5, 5.41) is 15.9. The summed E-state index contributed by atoms with van der Waals surface area (Å²) >= 11 is 6.34. The normalized spacial score (nSPS) is 20.9. The van der Waals surface area contributed by atoms with Crippen LogP contribution in [0.4, 0.5) is 11.4 Å². The average Bonchev–Trinajstić information content (AvgIpc) is 3.88. The predicted octanol–water partition coefficient (Wildman–Crippen LogP) is 5.69. The maximum atomic E-state index is 13.5. The van der Waals surface area contributed by atoms with Gasteiger partial charge in [-0.05, 0) is 90.0 Å². The summed E-state index contributed by atoms with van der Waals surface area (Å²) in [6.45, 7) is 6.75. The molecule has 2 aromatic carbocycles. The van der Waals surface area contributed by atoms with E-state index in [1.165, 1.54) is 0 Å². The molecule has 2 saturated heterocycles. The number of carbonyl (C=O) groups is 3. The molecule has 3 aromatic heterocycles. The van der Waals surface area contributed by atoms with E-state index in [9.17, 15) is 19.2 Å². The molecular formula is C41H51ClN10O5. The minimum absolute atomic E-state index is 0.0748. The molecule has 0 spiro atoms. The number of methoxy groups -OCH3 is 1. The van der Waals surface area contributed by atoms with Crippen LogP contribution in [0.25, 0.3) is 21.9 Å². The summed E-state index contributed by atoms with van der Waals surface area (Å²) in [7, 11) is 5.59. The number of imide groups is 1. The molecule has 8 rings (SSSR count). The fraction of sp³-hybridized carbons (Fsp3) is 0.512. The van der Waals surface area contributed by atoms with Gasteiger partial charge in [0.05, 0.1) is 46.1 Å². The lowest BCUT2D eigenvalue weighted by molar-refractivity contribution is -0.135. The van der Waals surface area contributed by atoms with E-state index in [1.807, 2.05) is 38.1 Å². The maximum absolute atomic E-state index is 13.5. The number of aromatic nitrogens is 6. The number of aryl methyl sites for hydroxylation is 1. The highest BCUT2D eigenvalue weighted by Crippen LogP contribution is 2.37. The molecule has 0 bridgehead atoms. The predicted molar refractivity (Wildman–Crippen MR) is 219 cm³/mol. The number of rotatable bonds is 10. The van der Waals surface area contributed by atoms with Crippen molar-refractivity contribution in [1.82, 2.24) is 38.9 Å². The molecule has 3 fully saturated rings. The van der Waals surface area contributed by atoms with Crippen molar-refractivity contribution in [1.29, 1.82) is 0 Å². The molecule has 57 heavy (non-hydrogen) atoms. The number of anilines is 2. The second kappa shape index (κ2) is 15.7. The van der Waals surface area contributed by atoms with Gasteiger partial charge in [0.1, 0.15) is 11.8 Å². The molecule has 3 amide bonds. The number of hydrogen-bond donors (Lipinski definition) is 2. The van der Waals surface area contributed by atoms with Crippen molar-refractivity contribution in [2.24, 2.45) is 13.0 Å². The standard InChI is InChI=1S/C41H51ClN10O5/c1-24(2)50-23-29(42)37(46-50)40(55)43-31-19-26-22-51(45-30(26)20-35(31)57-5)28-11-9-25(10-12-28)21-47(3)27-15-17-49(18-16-27)32-7-6-8-33-38(32)48(4)41(56)52(33)34-13-14-36(53)44-39(34)54/h6-8,19-20,22-25,27-28,34H,9-18,21H2,1-5H3,(H,43,55)(H,44,53,54). The molecule has 16 heteroatoms. The molecule has 5 heterocycles.